The van der Waals surface area contributed by atoms with Gasteiger partial charge in [0.1, 0.15) is 5.75 Å². The van der Waals surface area contributed by atoms with Crippen LogP contribution in [0, 0.1) is 6.92 Å². The van der Waals surface area contributed by atoms with E-state index in [2.05, 4.69) is 53.4 Å². The van der Waals surface area contributed by atoms with Crippen molar-refractivity contribution in [1.29, 1.82) is 0 Å². The summed E-state index contributed by atoms with van der Waals surface area (Å²) in [6, 6.07) is 33.1. The topological polar surface area (TPSA) is 70.2 Å². The van der Waals surface area contributed by atoms with Crippen LogP contribution in [0.4, 0.5) is 0 Å². The molecule has 1 heterocycles. The SMILES string of the molecule is COc1ccc(C(=O)N2CCN(C(c3ccccc3)c3ccccc3)CC2)cc1CN(C)S(=O)(=O)c1ccc(C)cc1. The van der Waals surface area contributed by atoms with E-state index in [0.717, 1.165) is 18.7 Å². The maximum Gasteiger partial charge on any atom is 0.253 e. The van der Waals surface area contributed by atoms with Gasteiger partial charge in [0.25, 0.3) is 5.91 Å². The van der Waals surface area contributed by atoms with E-state index in [0.29, 0.717) is 30.0 Å². The second-order valence-corrected chi connectivity index (χ2v) is 12.7. The van der Waals surface area contributed by atoms with E-state index in [1.807, 2.05) is 24.0 Å². The van der Waals surface area contributed by atoms with Crippen LogP contribution in [-0.2, 0) is 16.6 Å². The lowest BCUT2D eigenvalue weighted by atomic mass is 9.96. The highest BCUT2D eigenvalue weighted by atomic mass is 32.2. The Labute approximate surface area is 249 Å². The van der Waals surface area contributed by atoms with E-state index in [4.69, 9.17) is 4.74 Å². The highest BCUT2D eigenvalue weighted by molar-refractivity contribution is 7.89. The average molecular weight is 584 g/mol. The monoisotopic (exact) mass is 583 g/mol. The van der Waals surface area contributed by atoms with Gasteiger partial charge >= 0.3 is 0 Å². The number of hydrogen-bond acceptors (Lipinski definition) is 5. The molecule has 8 heteroatoms. The summed E-state index contributed by atoms with van der Waals surface area (Å²) in [5, 5.41) is 0. The summed E-state index contributed by atoms with van der Waals surface area (Å²) < 4.78 is 33.2. The van der Waals surface area contributed by atoms with Crippen LogP contribution in [-0.4, -0.2) is 68.8 Å². The van der Waals surface area contributed by atoms with Crippen molar-refractivity contribution in [3.05, 3.63) is 131 Å². The highest BCUT2D eigenvalue weighted by Crippen LogP contribution is 2.30. The van der Waals surface area contributed by atoms with Crippen LogP contribution in [0.25, 0.3) is 0 Å². The van der Waals surface area contributed by atoms with Gasteiger partial charge in [-0.2, -0.15) is 4.31 Å². The molecular weight excluding hydrogens is 546 g/mol. The molecule has 1 amide bonds. The van der Waals surface area contributed by atoms with Crippen molar-refractivity contribution in [2.75, 3.05) is 40.3 Å². The first kappa shape index (κ1) is 29.5. The first-order valence-corrected chi connectivity index (χ1v) is 15.5. The molecular formula is C34H37N3O4S. The first-order valence-electron chi connectivity index (χ1n) is 14.1. The fourth-order valence-electron chi connectivity index (χ4n) is 5.50. The van der Waals surface area contributed by atoms with Gasteiger partial charge in [-0.25, -0.2) is 8.42 Å². The van der Waals surface area contributed by atoms with Gasteiger partial charge in [-0.15, -0.1) is 0 Å². The minimum Gasteiger partial charge on any atom is -0.496 e. The summed E-state index contributed by atoms with van der Waals surface area (Å²) in [6.07, 6.45) is 0. The number of carbonyl (C=O) groups excluding carboxylic acids is 1. The number of piperazine rings is 1. The molecule has 0 radical (unpaired) electrons. The van der Waals surface area contributed by atoms with Crippen LogP contribution in [0.1, 0.15) is 38.7 Å². The maximum absolute atomic E-state index is 13.6. The van der Waals surface area contributed by atoms with Gasteiger partial charge in [0.05, 0.1) is 18.0 Å². The Hall–Kier alpha value is -3.98. The zero-order valence-electron chi connectivity index (χ0n) is 24.3. The van der Waals surface area contributed by atoms with Crippen LogP contribution in [0.15, 0.2) is 108 Å². The van der Waals surface area contributed by atoms with Crippen molar-refractivity contribution in [1.82, 2.24) is 14.1 Å². The second kappa shape index (κ2) is 12.9. The van der Waals surface area contributed by atoms with Crippen LogP contribution in [0.5, 0.6) is 5.75 Å². The van der Waals surface area contributed by atoms with Crippen molar-refractivity contribution in [3.8, 4) is 5.75 Å². The van der Waals surface area contributed by atoms with Gasteiger partial charge in [-0.3, -0.25) is 9.69 Å². The Morgan fingerprint density at radius 3 is 1.95 bits per heavy atom. The molecule has 0 atom stereocenters. The molecule has 0 spiro atoms. The summed E-state index contributed by atoms with van der Waals surface area (Å²) in [6.45, 7) is 4.65. The Bertz CT molecular complexity index is 1560. The molecule has 42 heavy (non-hydrogen) atoms. The zero-order valence-corrected chi connectivity index (χ0v) is 25.1. The van der Waals surface area contributed by atoms with Crippen molar-refractivity contribution in [2.45, 2.75) is 24.4 Å². The minimum atomic E-state index is -3.72. The molecule has 218 valence electrons. The van der Waals surface area contributed by atoms with Gasteiger partial charge in [0, 0.05) is 50.9 Å². The Kier molecular flexibility index (Phi) is 9.06. The average Bonchev–Trinajstić information content (AvgIpc) is 3.02. The highest BCUT2D eigenvalue weighted by Gasteiger charge is 2.29. The van der Waals surface area contributed by atoms with Crippen LogP contribution in [0.3, 0.4) is 0 Å². The van der Waals surface area contributed by atoms with Gasteiger partial charge in [0.2, 0.25) is 10.0 Å². The molecule has 1 aliphatic rings. The molecule has 7 nitrogen and oxygen atoms in total. The Morgan fingerprint density at radius 1 is 0.833 bits per heavy atom. The number of rotatable bonds is 9. The van der Waals surface area contributed by atoms with Gasteiger partial charge in [-0.05, 0) is 48.4 Å². The van der Waals surface area contributed by atoms with Crippen molar-refractivity contribution >= 4 is 15.9 Å². The Balaban J connectivity index is 1.31. The molecule has 4 aromatic carbocycles. The third-order valence-electron chi connectivity index (χ3n) is 7.85. The number of benzene rings is 4. The molecule has 0 saturated carbocycles. The summed E-state index contributed by atoms with van der Waals surface area (Å²) in [5.41, 5.74) is 4.60. The molecule has 0 aliphatic carbocycles. The second-order valence-electron chi connectivity index (χ2n) is 10.7. The fraction of sp³-hybridized carbons (Fsp3) is 0.265. The molecule has 0 aromatic heterocycles. The summed E-state index contributed by atoms with van der Waals surface area (Å²) >= 11 is 0. The van der Waals surface area contributed by atoms with Crippen LogP contribution in [0.2, 0.25) is 0 Å². The number of amides is 1. The van der Waals surface area contributed by atoms with Crippen molar-refractivity contribution < 1.29 is 17.9 Å². The lowest BCUT2D eigenvalue weighted by molar-refractivity contribution is 0.0597. The fourth-order valence-corrected chi connectivity index (χ4v) is 6.65. The minimum absolute atomic E-state index is 0.0708. The van der Waals surface area contributed by atoms with E-state index in [-0.39, 0.29) is 23.4 Å². The van der Waals surface area contributed by atoms with Gasteiger partial charge in [-0.1, -0.05) is 78.4 Å². The van der Waals surface area contributed by atoms with Crippen molar-refractivity contribution in [3.63, 3.8) is 0 Å². The quantitative estimate of drug-likeness (QED) is 0.265. The number of sulfonamides is 1. The van der Waals surface area contributed by atoms with E-state index in [1.165, 1.54) is 22.5 Å². The predicted octanol–water partition coefficient (Wildman–Crippen LogP) is 5.37. The third kappa shape index (κ3) is 6.41. The molecule has 0 bridgehead atoms. The van der Waals surface area contributed by atoms with Crippen molar-refractivity contribution in [2.24, 2.45) is 0 Å². The number of carbonyl (C=O) groups is 1. The van der Waals surface area contributed by atoms with Gasteiger partial charge in [0.15, 0.2) is 0 Å². The van der Waals surface area contributed by atoms with E-state index in [9.17, 15) is 13.2 Å². The number of ether oxygens (including phenoxy) is 1. The first-order chi connectivity index (χ1) is 20.3. The molecule has 5 rings (SSSR count). The summed E-state index contributed by atoms with van der Waals surface area (Å²) in [7, 11) is -0.630. The number of nitrogens with zero attached hydrogens (tertiary/aromatic N) is 3. The molecule has 1 fully saturated rings. The Morgan fingerprint density at radius 2 is 1.40 bits per heavy atom. The van der Waals surface area contributed by atoms with E-state index >= 15 is 0 Å². The summed E-state index contributed by atoms with van der Waals surface area (Å²) in [5.74, 6) is 0.467. The van der Waals surface area contributed by atoms with E-state index in [1.54, 1.807) is 49.6 Å². The molecule has 0 N–H and O–H groups in total. The summed E-state index contributed by atoms with van der Waals surface area (Å²) in [4.78, 5) is 18.2. The smallest absolute Gasteiger partial charge is 0.253 e. The third-order valence-corrected chi connectivity index (χ3v) is 9.66. The van der Waals surface area contributed by atoms with Crippen LogP contribution >= 0.6 is 0 Å². The predicted molar refractivity (Wildman–Crippen MR) is 165 cm³/mol. The lowest BCUT2D eigenvalue weighted by Gasteiger charge is -2.40. The maximum atomic E-state index is 13.6. The molecule has 1 saturated heterocycles. The molecule has 1 aliphatic heterocycles. The molecule has 4 aromatic rings. The normalized spacial score (nSPS) is 14.4. The molecule has 0 unspecified atom stereocenters. The van der Waals surface area contributed by atoms with E-state index < -0.39 is 10.0 Å². The van der Waals surface area contributed by atoms with Gasteiger partial charge < -0.3 is 9.64 Å². The standard InChI is InChI=1S/C34H37N3O4S/c1-26-14-17-31(18-15-26)42(39,40)35(2)25-30-24-29(16-19-32(30)41-3)34(38)37-22-20-36(21-23-37)33(27-10-6-4-7-11-27)28-12-8-5-9-13-28/h4-19,24,33H,20-23,25H2,1-3H3. The number of aryl methyl sites for hydroxylation is 1. The largest absolute Gasteiger partial charge is 0.496 e. The number of hydrogen-bond donors (Lipinski definition) is 0. The number of methoxy groups -OCH3 is 1. The zero-order chi connectivity index (χ0) is 29.7. The lowest BCUT2D eigenvalue weighted by Crippen LogP contribution is -2.49. The van der Waals surface area contributed by atoms with Crippen LogP contribution < -0.4 is 4.74 Å².